The molecule has 0 heterocycles. The van der Waals surface area contributed by atoms with Gasteiger partial charge in [0.05, 0.1) is 0 Å². The van der Waals surface area contributed by atoms with Gasteiger partial charge in [0.15, 0.2) is 5.78 Å². The molecule has 0 N–H and O–H groups in total. The van der Waals surface area contributed by atoms with Gasteiger partial charge in [-0.15, -0.1) is 0 Å². The van der Waals surface area contributed by atoms with Crippen LogP contribution in [0.25, 0.3) is 6.08 Å². The van der Waals surface area contributed by atoms with Crippen LogP contribution in [0, 0.1) is 0 Å². The van der Waals surface area contributed by atoms with E-state index in [4.69, 9.17) is 0 Å². The molecule has 0 aliphatic heterocycles. The first-order valence-corrected chi connectivity index (χ1v) is 4.59. The van der Waals surface area contributed by atoms with Gasteiger partial charge in [-0.1, -0.05) is 12.1 Å². The Morgan fingerprint density at radius 1 is 1.20 bits per heavy atom. The predicted octanol–water partition coefficient (Wildman–Crippen LogP) is 3.23. The van der Waals surface area contributed by atoms with Crippen molar-refractivity contribution >= 4 is 11.9 Å². The Hall–Kier alpha value is -1.51. The molecule has 1 nitrogen and oxygen atoms in total. The molecule has 3 heteroatoms. The van der Waals surface area contributed by atoms with Crippen LogP contribution in [0.3, 0.4) is 0 Å². The molecule has 15 heavy (non-hydrogen) atoms. The minimum Gasteiger partial charge on any atom is -0.295 e. The molecule has 0 atom stereocenters. The number of hydrogen-bond acceptors (Lipinski definition) is 1. The Labute approximate surface area is 87.4 Å². The van der Waals surface area contributed by atoms with E-state index in [9.17, 15) is 13.6 Å². The van der Waals surface area contributed by atoms with Crippen molar-refractivity contribution in [2.24, 2.45) is 0 Å². The van der Waals surface area contributed by atoms with E-state index in [1.807, 2.05) is 0 Å². The SMILES string of the molecule is CC(=O)C=Cc1cc(CF)cc(CF)c1. The zero-order chi connectivity index (χ0) is 11.3. The summed E-state index contributed by atoms with van der Waals surface area (Å²) in [6.45, 7) is 0.162. The summed E-state index contributed by atoms with van der Waals surface area (Å²) in [7, 11) is 0. The van der Waals surface area contributed by atoms with E-state index in [1.54, 1.807) is 18.2 Å². The van der Waals surface area contributed by atoms with Crippen molar-refractivity contribution in [3.05, 3.63) is 41.0 Å². The highest BCUT2D eigenvalue weighted by atomic mass is 19.1. The fourth-order valence-corrected chi connectivity index (χ4v) is 1.26. The van der Waals surface area contributed by atoms with Gasteiger partial charge in [0.25, 0.3) is 0 Å². The third-order valence-corrected chi connectivity index (χ3v) is 1.89. The second-order valence-corrected chi connectivity index (χ2v) is 3.29. The molecule has 1 rings (SSSR count). The van der Waals surface area contributed by atoms with Crippen molar-refractivity contribution in [1.82, 2.24) is 0 Å². The lowest BCUT2D eigenvalue weighted by Crippen LogP contribution is -1.87. The molecule has 0 bridgehead atoms. The molecule has 0 aromatic heterocycles. The minimum atomic E-state index is -0.630. The molecule has 0 amide bonds. The molecule has 0 unspecified atom stereocenters. The summed E-state index contributed by atoms with van der Waals surface area (Å²) in [5.41, 5.74) is 1.50. The average Bonchev–Trinajstić information content (AvgIpc) is 2.25. The highest BCUT2D eigenvalue weighted by Crippen LogP contribution is 2.14. The Kier molecular flexibility index (Phi) is 4.16. The number of carbonyl (C=O) groups is 1. The van der Waals surface area contributed by atoms with Crippen LogP contribution in [0.15, 0.2) is 24.3 Å². The number of allylic oxidation sites excluding steroid dienone is 1. The first-order chi connectivity index (χ1) is 7.15. The van der Waals surface area contributed by atoms with E-state index < -0.39 is 13.3 Å². The molecule has 1 aromatic rings. The van der Waals surface area contributed by atoms with E-state index in [2.05, 4.69) is 0 Å². The number of halogens is 2. The fourth-order valence-electron chi connectivity index (χ4n) is 1.26. The standard InChI is InChI=1S/C12H12F2O/c1-9(15)2-3-10-4-11(7-13)6-12(5-10)8-14/h2-6H,7-8H2,1H3. The number of rotatable bonds is 4. The smallest absolute Gasteiger partial charge is 0.152 e. The maximum atomic E-state index is 12.4. The van der Waals surface area contributed by atoms with Crippen molar-refractivity contribution in [3.63, 3.8) is 0 Å². The van der Waals surface area contributed by atoms with Crippen LogP contribution in [-0.4, -0.2) is 5.78 Å². The van der Waals surface area contributed by atoms with Crippen molar-refractivity contribution in [3.8, 4) is 0 Å². The maximum absolute atomic E-state index is 12.4. The van der Waals surface area contributed by atoms with Crippen molar-refractivity contribution in [2.75, 3.05) is 0 Å². The lowest BCUT2D eigenvalue weighted by molar-refractivity contribution is -0.112. The van der Waals surface area contributed by atoms with Crippen LogP contribution in [0.5, 0.6) is 0 Å². The lowest BCUT2D eigenvalue weighted by Gasteiger charge is -2.01. The van der Waals surface area contributed by atoms with Gasteiger partial charge in [-0.3, -0.25) is 4.79 Å². The quantitative estimate of drug-likeness (QED) is 0.697. The lowest BCUT2D eigenvalue weighted by atomic mass is 10.1. The van der Waals surface area contributed by atoms with E-state index in [0.29, 0.717) is 16.7 Å². The molecule has 1 aromatic carbocycles. The largest absolute Gasteiger partial charge is 0.295 e. The Balaban J connectivity index is 3.01. The normalized spacial score (nSPS) is 10.9. The highest BCUT2D eigenvalue weighted by Gasteiger charge is 1.99. The van der Waals surface area contributed by atoms with Gasteiger partial charge in [-0.05, 0) is 41.8 Å². The first kappa shape index (κ1) is 11.6. The summed E-state index contributed by atoms with van der Waals surface area (Å²) in [6, 6.07) is 4.67. The number of carbonyl (C=O) groups excluding carboxylic acids is 1. The van der Waals surface area contributed by atoms with E-state index in [1.165, 1.54) is 19.1 Å². The average molecular weight is 210 g/mol. The third kappa shape index (κ3) is 3.62. The van der Waals surface area contributed by atoms with Gasteiger partial charge in [0.1, 0.15) is 13.3 Å². The van der Waals surface area contributed by atoms with E-state index >= 15 is 0 Å². The fraction of sp³-hybridized carbons (Fsp3) is 0.250. The van der Waals surface area contributed by atoms with Crippen LogP contribution >= 0.6 is 0 Å². The molecule has 80 valence electrons. The third-order valence-electron chi connectivity index (χ3n) is 1.89. The van der Waals surface area contributed by atoms with Gasteiger partial charge >= 0.3 is 0 Å². The van der Waals surface area contributed by atoms with Gasteiger partial charge in [0, 0.05) is 0 Å². The number of alkyl halides is 2. The molecule has 0 aliphatic carbocycles. The highest BCUT2D eigenvalue weighted by molar-refractivity contribution is 5.91. The van der Waals surface area contributed by atoms with Crippen molar-refractivity contribution in [2.45, 2.75) is 20.3 Å². The van der Waals surface area contributed by atoms with Gasteiger partial charge in [-0.2, -0.15) is 0 Å². The summed E-state index contributed by atoms with van der Waals surface area (Å²) in [5.74, 6) is -0.0950. The van der Waals surface area contributed by atoms with Crippen LogP contribution in [0.1, 0.15) is 23.6 Å². The number of ketones is 1. The van der Waals surface area contributed by atoms with Crippen LogP contribution < -0.4 is 0 Å². The predicted molar refractivity (Wildman–Crippen MR) is 55.8 cm³/mol. The molecule has 0 spiro atoms. The first-order valence-electron chi connectivity index (χ1n) is 4.59. The van der Waals surface area contributed by atoms with E-state index in [-0.39, 0.29) is 5.78 Å². The molecular formula is C12H12F2O. The molecule has 0 radical (unpaired) electrons. The summed E-state index contributed by atoms with van der Waals surface area (Å²) in [4.78, 5) is 10.7. The number of hydrogen-bond donors (Lipinski definition) is 0. The molecular weight excluding hydrogens is 198 g/mol. The summed E-state index contributed by atoms with van der Waals surface area (Å²) in [6.07, 6.45) is 2.93. The van der Waals surface area contributed by atoms with Crippen molar-refractivity contribution < 1.29 is 13.6 Å². The Morgan fingerprint density at radius 3 is 2.13 bits per heavy atom. The second kappa shape index (κ2) is 5.39. The topological polar surface area (TPSA) is 17.1 Å². The second-order valence-electron chi connectivity index (χ2n) is 3.29. The van der Waals surface area contributed by atoms with E-state index in [0.717, 1.165) is 0 Å². The molecule has 0 saturated heterocycles. The zero-order valence-corrected chi connectivity index (χ0v) is 8.47. The Morgan fingerprint density at radius 2 is 1.73 bits per heavy atom. The van der Waals surface area contributed by atoms with Gasteiger partial charge in [0.2, 0.25) is 0 Å². The zero-order valence-electron chi connectivity index (χ0n) is 8.47. The molecule has 0 fully saturated rings. The van der Waals surface area contributed by atoms with Crippen LogP contribution in [-0.2, 0) is 18.1 Å². The van der Waals surface area contributed by atoms with Gasteiger partial charge < -0.3 is 0 Å². The van der Waals surface area contributed by atoms with Gasteiger partial charge in [-0.25, -0.2) is 8.78 Å². The van der Waals surface area contributed by atoms with Crippen molar-refractivity contribution in [1.29, 1.82) is 0 Å². The van der Waals surface area contributed by atoms with Crippen LogP contribution in [0.4, 0.5) is 8.78 Å². The van der Waals surface area contributed by atoms with Crippen LogP contribution in [0.2, 0.25) is 0 Å². The molecule has 0 aliphatic rings. The Bertz CT molecular complexity index is 361. The maximum Gasteiger partial charge on any atom is 0.152 e. The monoisotopic (exact) mass is 210 g/mol. The molecule has 0 saturated carbocycles. The summed E-state index contributed by atoms with van der Waals surface area (Å²) >= 11 is 0. The summed E-state index contributed by atoms with van der Waals surface area (Å²) < 4.78 is 24.8. The summed E-state index contributed by atoms with van der Waals surface area (Å²) in [5, 5.41) is 0. The number of benzene rings is 1. The minimum absolute atomic E-state index is 0.0950.